The molecule has 3 nitrogen and oxygen atoms in total. The Balaban J connectivity index is 1.31. The average Bonchev–Trinajstić information content (AvgIpc) is 3.67. The van der Waals surface area contributed by atoms with Gasteiger partial charge in [0, 0.05) is 27.3 Å². The SMILES string of the molecule is CC1(C)c2ccccc2-c2cc3c(cc21)c1ccccc1n3-c1ccccc1-c1nc(-c2ccccc2)nc2c1[Si](C)(C)c1ccccc1-2. The highest BCUT2D eigenvalue weighted by molar-refractivity contribution is 7.04. The Kier molecular flexibility index (Phi) is 5.79. The summed E-state index contributed by atoms with van der Waals surface area (Å²) in [6.45, 7) is 9.64. The quantitative estimate of drug-likeness (QED) is 0.179. The van der Waals surface area contributed by atoms with Gasteiger partial charge in [-0.25, -0.2) is 9.97 Å². The summed E-state index contributed by atoms with van der Waals surface area (Å²) in [7, 11) is -2.15. The van der Waals surface area contributed by atoms with E-state index >= 15 is 0 Å². The van der Waals surface area contributed by atoms with Crippen molar-refractivity contribution in [2.24, 2.45) is 0 Å². The Morgan fingerprint density at radius 3 is 1.98 bits per heavy atom. The highest BCUT2D eigenvalue weighted by Gasteiger charge is 2.42. The van der Waals surface area contributed by atoms with Gasteiger partial charge in [-0.15, -0.1) is 0 Å². The molecule has 0 fully saturated rings. The molecule has 1 aliphatic carbocycles. The number of aromatic nitrogens is 3. The van der Waals surface area contributed by atoms with Crippen LogP contribution >= 0.6 is 0 Å². The van der Waals surface area contributed by atoms with Crippen molar-refractivity contribution in [2.45, 2.75) is 32.4 Å². The van der Waals surface area contributed by atoms with Crippen molar-refractivity contribution in [3.8, 4) is 50.7 Å². The molecular weight excluding hydrogens is 611 g/mol. The molecule has 4 heteroatoms. The first-order valence-electron chi connectivity index (χ1n) is 17.2. The second-order valence-corrected chi connectivity index (χ2v) is 18.9. The van der Waals surface area contributed by atoms with E-state index in [4.69, 9.17) is 9.97 Å². The monoisotopic (exact) mass is 645 g/mol. The first-order valence-corrected chi connectivity index (χ1v) is 20.2. The zero-order valence-corrected chi connectivity index (χ0v) is 29.1. The third-order valence-electron chi connectivity index (χ3n) is 11.2. The van der Waals surface area contributed by atoms with Gasteiger partial charge < -0.3 is 4.57 Å². The Hall–Kier alpha value is -5.58. The van der Waals surface area contributed by atoms with E-state index in [1.165, 1.54) is 60.0 Å². The van der Waals surface area contributed by atoms with Gasteiger partial charge in [-0.1, -0.05) is 142 Å². The van der Waals surface area contributed by atoms with E-state index in [1.54, 1.807) is 0 Å². The van der Waals surface area contributed by atoms with E-state index in [-0.39, 0.29) is 5.41 Å². The molecule has 6 aromatic carbocycles. The highest BCUT2D eigenvalue weighted by atomic mass is 28.3. The minimum absolute atomic E-state index is 0.0677. The fourth-order valence-corrected chi connectivity index (χ4v) is 12.0. The van der Waals surface area contributed by atoms with Gasteiger partial charge in [0.2, 0.25) is 0 Å². The van der Waals surface area contributed by atoms with Crippen LogP contribution in [0.2, 0.25) is 13.1 Å². The van der Waals surface area contributed by atoms with Crippen LogP contribution in [0.25, 0.3) is 72.5 Å². The van der Waals surface area contributed by atoms with Crippen LogP contribution in [0, 0.1) is 0 Å². The molecule has 234 valence electrons. The molecule has 1 aliphatic heterocycles. The van der Waals surface area contributed by atoms with Gasteiger partial charge >= 0.3 is 0 Å². The van der Waals surface area contributed by atoms with Gasteiger partial charge in [0.1, 0.15) is 8.07 Å². The average molecular weight is 646 g/mol. The minimum Gasteiger partial charge on any atom is -0.309 e. The molecule has 10 rings (SSSR count). The highest BCUT2D eigenvalue weighted by Crippen LogP contribution is 2.51. The van der Waals surface area contributed by atoms with Crippen LogP contribution in [0.1, 0.15) is 25.0 Å². The lowest BCUT2D eigenvalue weighted by Crippen LogP contribution is -2.50. The largest absolute Gasteiger partial charge is 0.309 e. The molecule has 0 unspecified atom stereocenters. The maximum atomic E-state index is 5.51. The number of hydrogen-bond acceptors (Lipinski definition) is 2. The summed E-state index contributed by atoms with van der Waals surface area (Å²) in [5, 5.41) is 5.29. The van der Waals surface area contributed by atoms with Gasteiger partial charge in [-0.05, 0) is 62.5 Å². The third-order valence-corrected chi connectivity index (χ3v) is 14.7. The molecule has 3 heterocycles. The fraction of sp³-hybridized carbons (Fsp3) is 0.111. The van der Waals surface area contributed by atoms with Crippen molar-refractivity contribution < 1.29 is 0 Å². The molecule has 2 aliphatic rings. The zero-order chi connectivity index (χ0) is 33.1. The summed E-state index contributed by atoms with van der Waals surface area (Å²) >= 11 is 0. The maximum Gasteiger partial charge on any atom is 0.160 e. The van der Waals surface area contributed by atoms with Crippen molar-refractivity contribution in [3.05, 3.63) is 151 Å². The smallest absolute Gasteiger partial charge is 0.160 e. The molecule has 0 saturated carbocycles. The van der Waals surface area contributed by atoms with Gasteiger partial charge in [-0.3, -0.25) is 0 Å². The number of nitrogens with zero attached hydrogens (tertiary/aromatic N) is 3. The predicted octanol–water partition coefficient (Wildman–Crippen LogP) is 10.0. The number of benzene rings is 6. The molecule has 49 heavy (non-hydrogen) atoms. The molecule has 8 aromatic rings. The fourth-order valence-electron chi connectivity index (χ4n) is 8.82. The van der Waals surface area contributed by atoms with E-state index in [0.717, 1.165) is 34.0 Å². The second kappa shape index (κ2) is 9.97. The van der Waals surface area contributed by atoms with E-state index < -0.39 is 8.07 Å². The number of hydrogen-bond donors (Lipinski definition) is 0. The first-order chi connectivity index (χ1) is 23.8. The Labute approximate surface area is 287 Å². The second-order valence-electron chi connectivity index (χ2n) is 14.6. The normalized spacial score (nSPS) is 14.9. The van der Waals surface area contributed by atoms with Crippen molar-refractivity contribution in [2.75, 3.05) is 0 Å². The lowest BCUT2D eigenvalue weighted by molar-refractivity contribution is 0.661. The lowest BCUT2D eigenvalue weighted by atomic mass is 9.82. The van der Waals surface area contributed by atoms with Crippen molar-refractivity contribution in [1.82, 2.24) is 14.5 Å². The zero-order valence-electron chi connectivity index (χ0n) is 28.1. The van der Waals surface area contributed by atoms with Crippen LogP contribution in [-0.2, 0) is 5.41 Å². The van der Waals surface area contributed by atoms with Crippen LogP contribution in [0.4, 0.5) is 0 Å². The minimum atomic E-state index is -2.15. The molecule has 2 aromatic heterocycles. The Morgan fingerprint density at radius 2 is 1.16 bits per heavy atom. The topological polar surface area (TPSA) is 30.7 Å². The van der Waals surface area contributed by atoms with Crippen molar-refractivity contribution in [3.63, 3.8) is 0 Å². The summed E-state index contributed by atoms with van der Waals surface area (Å²) in [4.78, 5) is 10.8. The number of para-hydroxylation sites is 2. The summed E-state index contributed by atoms with van der Waals surface area (Å²) in [5.41, 5.74) is 14.5. The first kappa shape index (κ1) is 28.4. The van der Waals surface area contributed by atoms with Gasteiger partial charge in [0.25, 0.3) is 0 Å². The Bertz CT molecular complexity index is 2660. The van der Waals surface area contributed by atoms with Crippen LogP contribution in [0.15, 0.2) is 140 Å². The molecule has 0 radical (unpaired) electrons. The van der Waals surface area contributed by atoms with Gasteiger partial charge in [-0.2, -0.15) is 0 Å². The molecular formula is C45H35N3Si. The van der Waals surface area contributed by atoms with Crippen LogP contribution in [-0.4, -0.2) is 22.6 Å². The lowest BCUT2D eigenvalue weighted by Gasteiger charge is -2.23. The molecule has 0 bridgehead atoms. The number of rotatable bonds is 3. The molecule has 0 atom stereocenters. The summed E-state index contributed by atoms with van der Waals surface area (Å²) in [6.07, 6.45) is 0. The Morgan fingerprint density at radius 1 is 0.531 bits per heavy atom. The van der Waals surface area contributed by atoms with E-state index in [2.05, 4.69) is 171 Å². The van der Waals surface area contributed by atoms with Crippen LogP contribution in [0.3, 0.4) is 0 Å². The molecule has 0 N–H and O–H groups in total. The van der Waals surface area contributed by atoms with Crippen molar-refractivity contribution >= 4 is 40.3 Å². The van der Waals surface area contributed by atoms with E-state index in [0.29, 0.717) is 0 Å². The van der Waals surface area contributed by atoms with Crippen molar-refractivity contribution in [1.29, 1.82) is 0 Å². The molecule has 0 spiro atoms. The molecule has 0 saturated heterocycles. The molecule has 0 amide bonds. The van der Waals surface area contributed by atoms with Crippen LogP contribution in [0.5, 0.6) is 0 Å². The summed E-state index contributed by atoms with van der Waals surface area (Å²) in [5.74, 6) is 0.768. The van der Waals surface area contributed by atoms with Crippen LogP contribution < -0.4 is 10.4 Å². The van der Waals surface area contributed by atoms with E-state index in [1.807, 2.05) is 0 Å². The predicted molar refractivity (Wildman–Crippen MR) is 207 cm³/mol. The van der Waals surface area contributed by atoms with E-state index in [9.17, 15) is 0 Å². The standard InChI is InChI=1S/C45H35N3Si/c1-45(2)35-22-12-8-18-29(35)33-27-39-34(26-36(33)45)30-19-9-13-23-37(30)48(39)38-24-14-10-20-31(38)41-43-42(32-21-11-15-25-40(32)49(43,3)4)47-44(46-41)28-16-6-5-7-17-28/h5-27H,1-4H3. The number of fused-ring (bicyclic) bond motifs is 9. The maximum absolute atomic E-state index is 5.51. The van der Waals surface area contributed by atoms with Gasteiger partial charge in [0.15, 0.2) is 5.82 Å². The van der Waals surface area contributed by atoms with Gasteiger partial charge in [0.05, 0.1) is 28.1 Å². The summed E-state index contributed by atoms with van der Waals surface area (Å²) < 4.78 is 2.49. The third kappa shape index (κ3) is 3.83. The summed E-state index contributed by atoms with van der Waals surface area (Å²) in [6, 6.07) is 50.9.